The van der Waals surface area contributed by atoms with Gasteiger partial charge in [-0.2, -0.15) is 0 Å². The van der Waals surface area contributed by atoms with E-state index in [9.17, 15) is 4.79 Å². The summed E-state index contributed by atoms with van der Waals surface area (Å²) in [4.78, 5) is 19.5. The number of carbonyl (C=O) groups excluding carboxylic acids is 1. The second kappa shape index (κ2) is 7.32. The molecule has 0 unspecified atom stereocenters. The van der Waals surface area contributed by atoms with Gasteiger partial charge in [0.2, 0.25) is 0 Å². The standard InChI is InChI=1S/C18H28N4O/c1-3-20-10-12-21(13-11-20)17-6-4-16(5-7-17)18(23)22-9-8-19-14-15(22)2/h4-7,15,19H,3,8-14H2,1-2H3/t15-/m1/s1. The molecule has 0 radical (unpaired) electrons. The third-order valence-corrected chi connectivity index (χ3v) is 5.06. The molecule has 5 heteroatoms. The molecule has 0 bridgehead atoms. The maximum absolute atomic E-state index is 12.7. The first-order valence-corrected chi connectivity index (χ1v) is 8.78. The molecular formula is C18H28N4O. The van der Waals surface area contributed by atoms with Gasteiger partial charge in [-0.05, 0) is 37.7 Å². The van der Waals surface area contributed by atoms with Crippen LogP contribution < -0.4 is 10.2 Å². The largest absolute Gasteiger partial charge is 0.369 e. The van der Waals surface area contributed by atoms with Gasteiger partial charge in [0.05, 0.1) is 0 Å². The molecular weight excluding hydrogens is 288 g/mol. The second-order valence-corrected chi connectivity index (χ2v) is 6.52. The van der Waals surface area contributed by atoms with Crippen molar-refractivity contribution < 1.29 is 4.79 Å². The predicted molar refractivity (Wildman–Crippen MR) is 94.1 cm³/mol. The number of hydrogen-bond acceptors (Lipinski definition) is 4. The van der Waals surface area contributed by atoms with E-state index in [1.807, 2.05) is 17.0 Å². The second-order valence-electron chi connectivity index (χ2n) is 6.52. The summed E-state index contributed by atoms with van der Waals surface area (Å²) in [6, 6.07) is 8.43. The van der Waals surface area contributed by atoms with Gasteiger partial charge >= 0.3 is 0 Å². The smallest absolute Gasteiger partial charge is 0.254 e. The van der Waals surface area contributed by atoms with Crippen LogP contribution >= 0.6 is 0 Å². The molecule has 2 heterocycles. The molecule has 0 aliphatic carbocycles. The Balaban J connectivity index is 1.64. The summed E-state index contributed by atoms with van der Waals surface area (Å²) in [6.45, 7) is 12.4. The van der Waals surface area contributed by atoms with Gasteiger partial charge in [0.1, 0.15) is 0 Å². The van der Waals surface area contributed by atoms with Crippen molar-refractivity contribution in [2.24, 2.45) is 0 Å². The maximum atomic E-state index is 12.7. The van der Waals surface area contributed by atoms with Crippen LogP contribution in [0.5, 0.6) is 0 Å². The number of hydrogen-bond donors (Lipinski definition) is 1. The van der Waals surface area contributed by atoms with Crippen LogP contribution in [0, 0.1) is 0 Å². The fraction of sp³-hybridized carbons (Fsp3) is 0.611. The minimum Gasteiger partial charge on any atom is -0.369 e. The molecule has 0 spiro atoms. The van der Waals surface area contributed by atoms with Crippen molar-refractivity contribution in [2.75, 3.05) is 57.3 Å². The van der Waals surface area contributed by atoms with E-state index in [0.717, 1.165) is 57.9 Å². The molecule has 1 atom stereocenters. The highest BCUT2D eigenvalue weighted by molar-refractivity contribution is 5.94. The van der Waals surface area contributed by atoms with Crippen molar-refractivity contribution in [1.82, 2.24) is 15.1 Å². The number of anilines is 1. The highest BCUT2D eigenvalue weighted by atomic mass is 16.2. The van der Waals surface area contributed by atoms with Gasteiger partial charge in [0, 0.05) is 63.1 Å². The molecule has 2 saturated heterocycles. The summed E-state index contributed by atoms with van der Waals surface area (Å²) in [7, 11) is 0. The van der Waals surface area contributed by atoms with Gasteiger partial charge < -0.3 is 20.0 Å². The van der Waals surface area contributed by atoms with Crippen molar-refractivity contribution in [3.05, 3.63) is 29.8 Å². The van der Waals surface area contributed by atoms with Gasteiger partial charge in [-0.15, -0.1) is 0 Å². The summed E-state index contributed by atoms with van der Waals surface area (Å²) in [6.07, 6.45) is 0. The molecule has 3 rings (SSSR count). The quantitative estimate of drug-likeness (QED) is 0.911. The number of nitrogens with zero attached hydrogens (tertiary/aromatic N) is 3. The summed E-state index contributed by atoms with van der Waals surface area (Å²) in [5.74, 6) is 0.154. The van der Waals surface area contributed by atoms with E-state index in [1.165, 1.54) is 5.69 Å². The van der Waals surface area contributed by atoms with Crippen LogP contribution in [-0.2, 0) is 0 Å². The lowest BCUT2D eigenvalue weighted by Crippen LogP contribution is -2.52. The number of likely N-dealkylation sites (N-methyl/N-ethyl adjacent to an activating group) is 1. The van der Waals surface area contributed by atoms with Gasteiger partial charge in [-0.1, -0.05) is 6.92 Å². The fourth-order valence-corrected chi connectivity index (χ4v) is 3.45. The van der Waals surface area contributed by atoms with Crippen LogP contribution in [0.2, 0.25) is 0 Å². The number of piperazine rings is 2. The topological polar surface area (TPSA) is 38.8 Å². The molecule has 2 fully saturated rings. The highest BCUT2D eigenvalue weighted by Crippen LogP contribution is 2.19. The minimum atomic E-state index is 0.154. The monoisotopic (exact) mass is 316 g/mol. The summed E-state index contributed by atoms with van der Waals surface area (Å²) >= 11 is 0. The number of carbonyl (C=O) groups is 1. The molecule has 5 nitrogen and oxygen atoms in total. The van der Waals surface area contributed by atoms with Crippen LogP contribution in [0.1, 0.15) is 24.2 Å². The van der Waals surface area contributed by atoms with Crippen LogP contribution in [0.3, 0.4) is 0 Å². The Kier molecular flexibility index (Phi) is 5.18. The first-order chi connectivity index (χ1) is 11.2. The Morgan fingerprint density at radius 3 is 2.43 bits per heavy atom. The normalized spacial score (nSPS) is 23.1. The third-order valence-electron chi connectivity index (χ3n) is 5.06. The minimum absolute atomic E-state index is 0.154. The van der Waals surface area contributed by atoms with Crippen molar-refractivity contribution in [2.45, 2.75) is 19.9 Å². The Labute approximate surface area is 139 Å². The van der Waals surface area contributed by atoms with Gasteiger partial charge in [0.15, 0.2) is 0 Å². The molecule has 23 heavy (non-hydrogen) atoms. The van der Waals surface area contributed by atoms with Gasteiger partial charge in [-0.25, -0.2) is 0 Å². The lowest BCUT2D eigenvalue weighted by atomic mass is 10.1. The first-order valence-electron chi connectivity index (χ1n) is 8.78. The molecule has 2 aliphatic heterocycles. The van der Waals surface area contributed by atoms with Crippen molar-refractivity contribution in [3.63, 3.8) is 0 Å². The Bertz CT molecular complexity index is 522. The average Bonchev–Trinajstić information content (AvgIpc) is 2.62. The first kappa shape index (κ1) is 16.3. The van der Waals surface area contributed by atoms with Crippen LogP contribution in [0.25, 0.3) is 0 Å². The highest BCUT2D eigenvalue weighted by Gasteiger charge is 2.24. The van der Waals surface area contributed by atoms with Gasteiger partial charge in [-0.3, -0.25) is 4.79 Å². The van der Waals surface area contributed by atoms with E-state index >= 15 is 0 Å². The van der Waals surface area contributed by atoms with E-state index in [0.29, 0.717) is 0 Å². The maximum Gasteiger partial charge on any atom is 0.254 e. The Morgan fingerprint density at radius 1 is 1.13 bits per heavy atom. The number of rotatable bonds is 3. The summed E-state index contributed by atoms with van der Waals surface area (Å²) in [5, 5.41) is 3.33. The van der Waals surface area contributed by atoms with Crippen LogP contribution in [0.4, 0.5) is 5.69 Å². The third kappa shape index (κ3) is 3.67. The Hall–Kier alpha value is -1.59. The van der Waals surface area contributed by atoms with E-state index in [2.05, 4.69) is 41.1 Å². The summed E-state index contributed by atoms with van der Waals surface area (Å²) < 4.78 is 0. The van der Waals surface area contributed by atoms with Gasteiger partial charge in [0.25, 0.3) is 5.91 Å². The molecule has 0 saturated carbocycles. The molecule has 0 aromatic heterocycles. The fourth-order valence-electron chi connectivity index (χ4n) is 3.45. The van der Waals surface area contributed by atoms with Crippen molar-refractivity contribution >= 4 is 11.6 Å². The average molecular weight is 316 g/mol. The zero-order valence-electron chi connectivity index (χ0n) is 14.3. The molecule has 1 amide bonds. The summed E-state index contributed by atoms with van der Waals surface area (Å²) in [5.41, 5.74) is 2.03. The molecule has 1 N–H and O–H groups in total. The van der Waals surface area contributed by atoms with Crippen LogP contribution in [-0.4, -0.2) is 74.1 Å². The van der Waals surface area contributed by atoms with Crippen LogP contribution in [0.15, 0.2) is 24.3 Å². The lowest BCUT2D eigenvalue weighted by molar-refractivity contribution is 0.0656. The zero-order chi connectivity index (χ0) is 16.2. The lowest BCUT2D eigenvalue weighted by Gasteiger charge is -2.36. The molecule has 2 aliphatic rings. The Morgan fingerprint density at radius 2 is 1.83 bits per heavy atom. The molecule has 1 aromatic rings. The number of nitrogens with one attached hydrogen (secondary N) is 1. The van der Waals surface area contributed by atoms with Crippen molar-refractivity contribution in [3.8, 4) is 0 Å². The van der Waals surface area contributed by atoms with E-state index in [4.69, 9.17) is 0 Å². The number of benzene rings is 1. The molecule has 1 aromatic carbocycles. The number of amides is 1. The zero-order valence-corrected chi connectivity index (χ0v) is 14.3. The van der Waals surface area contributed by atoms with E-state index in [-0.39, 0.29) is 11.9 Å². The van der Waals surface area contributed by atoms with E-state index < -0.39 is 0 Å². The van der Waals surface area contributed by atoms with Crippen molar-refractivity contribution in [1.29, 1.82) is 0 Å². The SMILES string of the molecule is CCN1CCN(c2ccc(C(=O)N3CCNC[C@H]3C)cc2)CC1. The van der Waals surface area contributed by atoms with E-state index in [1.54, 1.807) is 0 Å². The predicted octanol–water partition coefficient (Wildman–Crippen LogP) is 1.26. The molecule has 126 valence electrons.